The smallest absolute Gasteiger partial charge is 0.119 e. The molecule has 1 N–H and O–H groups in total. The van der Waals surface area contributed by atoms with Gasteiger partial charge in [-0.3, -0.25) is 0 Å². The van der Waals surface area contributed by atoms with Crippen LogP contribution in [0.2, 0.25) is 0 Å². The minimum absolute atomic E-state index is 0.701. The molecule has 0 aromatic heterocycles. The van der Waals surface area contributed by atoms with Gasteiger partial charge >= 0.3 is 0 Å². The molecule has 3 rings (SSSR count). The molecule has 1 aliphatic carbocycles. The van der Waals surface area contributed by atoms with Crippen molar-refractivity contribution >= 4 is 5.69 Å². The second kappa shape index (κ2) is 10.1. The summed E-state index contributed by atoms with van der Waals surface area (Å²) in [6.07, 6.45) is 8.19. The molecule has 0 aliphatic heterocycles. The van der Waals surface area contributed by atoms with Crippen LogP contribution in [0.4, 0.5) is 5.69 Å². The number of hydrogen-bond donors (Lipinski definition) is 1. The maximum atomic E-state index is 5.92. The quantitative estimate of drug-likeness (QED) is 0.595. The molecule has 0 unspecified atom stereocenters. The SMILES string of the molecule is CCOc1ccc(CNc2ccc(OCCC3CCCCC3)cc2)cc1. The van der Waals surface area contributed by atoms with E-state index in [9.17, 15) is 0 Å². The lowest BCUT2D eigenvalue weighted by atomic mass is 9.87. The van der Waals surface area contributed by atoms with Gasteiger partial charge in [-0.2, -0.15) is 0 Å². The van der Waals surface area contributed by atoms with E-state index in [1.807, 2.05) is 19.1 Å². The Labute approximate surface area is 157 Å². The number of benzene rings is 2. The van der Waals surface area contributed by atoms with Crippen molar-refractivity contribution in [3.8, 4) is 11.5 Å². The normalized spacial score (nSPS) is 14.8. The van der Waals surface area contributed by atoms with E-state index in [-0.39, 0.29) is 0 Å². The molecule has 2 aromatic rings. The summed E-state index contributed by atoms with van der Waals surface area (Å²) in [6.45, 7) is 4.34. The minimum Gasteiger partial charge on any atom is -0.494 e. The molecule has 0 spiro atoms. The predicted octanol–water partition coefficient (Wildman–Crippen LogP) is 6.05. The van der Waals surface area contributed by atoms with Crippen molar-refractivity contribution in [2.45, 2.75) is 52.0 Å². The lowest BCUT2D eigenvalue weighted by Gasteiger charge is -2.21. The Balaban J connectivity index is 1.39. The zero-order valence-corrected chi connectivity index (χ0v) is 15.9. The summed E-state index contributed by atoms with van der Waals surface area (Å²) in [5, 5.41) is 3.45. The molecule has 1 aliphatic rings. The van der Waals surface area contributed by atoms with Gasteiger partial charge in [0.1, 0.15) is 11.5 Å². The van der Waals surface area contributed by atoms with Gasteiger partial charge in [0.05, 0.1) is 13.2 Å². The number of anilines is 1. The van der Waals surface area contributed by atoms with E-state index in [4.69, 9.17) is 9.47 Å². The van der Waals surface area contributed by atoms with E-state index >= 15 is 0 Å². The van der Waals surface area contributed by atoms with Crippen molar-refractivity contribution in [2.24, 2.45) is 5.92 Å². The molecule has 0 saturated heterocycles. The third-order valence-electron chi connectivity index (χ3n) is 5.10. The van der Waals surface area contributed by atoms with Crippen LogP contribution in [-0.2, 0) is 6.54 Å². The zero-order chi connectivity index (χ0) is 18.0. The largest absolute Gasteiger partial charge is 0.494 e. The average molecular weight is 354 g/mol. The first-order valence-corrected chi connectivity index (χ1v) is 10.0. The third-order valence-corrected chi connectivity index (χ3v) is 5.10. The molecular weight excluding hydrogens is 322 g/mol. The number of rotatable bonds is 9. The van der Waals surface area contributed by atoms with Crippen molar-refractivity contribution in [3.05, 3.63) is 54.1 Å². The van der Waals surface area contributed by atoms with Gasteiger partial charge in [0.2, 0.25) is 0 Å². The first-order valence-electron chi connectivity index (χ1n) is 10.0. The minimum atomic E-state index is 0.701. The summed E-state index contributed by atoms with van der Waals surface area (Å²) < 4.78 is 11.4. The highest BCUT2D eigenvalue weighted by molar-refractivity contribution is 5.47. The fraction of sp³-hybridized carbons (Fsp3) is 0.478. The molecule has 1 fully saturated rings. The molecule has 3 heteroatoms. The van der Waals surface area contributed by atoms with E-state index in [1.54, 1.807) is 0 Å². The lowest BCUT2D eigenvalue weighted by Crippen LogP contribution is -2.10. The maximum Gasteiger partial charge on any atom is 0.119 e. The first-order chi connectivity index (χ1) is 12.8. The predicted molar refractivity (Wildman–Crippen MR) is 108 cm³/mol. The summed E-state index contributed by atoms with van der Waals surface area (Å²) in [5.41, 5.74) is 2.35. The molecular formula is C23H31NO2. The molecule has 140 valence electrons. The molecule has 3 nitrogen and oxygen atoms in total. The van der Waals surface area contributed by atoms with Gasteiger partial charge in [0.25, 0.3) is 0 Å². The van der Waals surface area contributed by atoms with Crippen LogP contribution in [0, 0.1) is 5.92 Å². The van der Waals surface area contributed by atoms with Crippen LogP contribution in [0.15, 0.2) is 48.5 Å². The van der Waals surface area contributed by atoms with Crippen molar-refractivity contribution in [2.75, 3.05) is 18.5 Å². The average Bonchev–Trinajstić information content (AvgIpc) is 2.70. The topological polar surface area (TPSA) is 30.5 Å². The first kappa shape index (κ1) is 18.6. The summed E-state index contributed by atoms with van der Waals surface area (Å²) >= 11 is 0. The zero-order valence-electron chi connectivity index (χ0n) is 15.9. The summed E-state index contributed by atoms with van der Waals surface area (Å²) in [5.74, 6) is 2.76. The molecule has 0 radical (unpaired) electrons. The third kappa shape index (κ3) is 5.98. The molecule has 1 saturated carbocycles. The van der Waals surface area contributed by atoms with Crippen molar-refractivity contribution in [1.29, 1.82) is 0 Å². The van der Waals surface area contributed by atoms with Gasteiger partial charge in [0.15, 0.2) is 0 Å². The van der Waals surface area contributed by atoms with Gasteiger partial charge < -0.3 is 14.8 Å². The number of nitrogens with one attached hydrogen (secondary N) is 1. The van der Waals surface area contributed by atoms with Gasteiger partial charge in [0, 0.05) is 12.2 Å². The molecule has 26 heavy (non-hydrogen) atoms. The Morgan fingerprint density at radius 3 is 2.19 bits per heavy atom. The fourth-order valence-electron chi connectivity index (χ4n) is 3.56. The van der Waals surface area contributed by atoms with Crippen LogP contribution in [0.5, 0.6) is 11.5 Å². The van der Waals surface area contributed by atoms with E-state index in [2.05, 4.69) is 41.7 Å². The van der Waals surface area contributed by atoms with Crippen LogP contribution in [0.25, 0.3) is 0 Å². The molecule has 0 atom stereocenters. The molecule has 0 amide bonds. The van der Waals surface area contributed by atoms with Crippen LogP contribution in [0.1, 0.15) is 51.0 Å². The van der Waals surface area contributed by atoms with E-state index in [0.29, 0.717) is 6.61 Å². The van der Waals surface area contributed by atoms with Crippen molar-refractivity contribution in [1.82, 2.24) is 0 Å². The maximum absolute atomic E-state index is 5.92. The highest BCUT2D eigenvalue weighted by Gasteiger charge is 2.13. The summed E-state index contributed by atoms with van der Waals surface area (Å²) in [6, 6.07) is 16.5. The molecule has 0 bridgehead atoms. The Bertz CT molecular complexity index is 630. The van der Waals surface area contributed by atoms with Gasteiger partial charge in [-0.25, -0.2) is 0 Å². The summed E-state index contributed by atoms with van der Waals surface area (Å²) in [7, 11) is 0. The number of hydrogen-bond acceptors (Lipinski definition) is 3. The van der Waals surface area contributed by atoms with E-state index in [0.717, 1.165) is 36.3 Å². The fourth-order valence-corrected chi connectivity index (χ4v) is 3.56. The van der Waals surface area contributed by atoms with Gasteiger partial charge in [-0.15, -0.1) is 0 Å². The van der Waals surface area contributed by atoms with Crippen LogP contribution in [0.3, 0.4) is 0 Å². The second-order valence-corrected chi connectivity index (χ2v) is 7.10. The van der Waals surface area contributed by atoms with Gasteiger partial charge in [-0.05, 0) is 61.2 Å². The highest BCUT2D eigenvalue weighted by atomic mass is 16.5. The Morgan fingerprint density at radius 1 is 0.846 bits per heavy atom. The molecule has 2 aromatic carbocycles. The number of ether oxygens (including phenoxy) is 2. The van der Waals surface area contributed by atoms with Crippen molar-refractivity contribution in [3.63, 3.8) is 0 Å². The van der Waals surface area contributed by atoms with Crippen molar-refractivity contribution < 1.29 is 9.47 Å². The standard InChI is InChI=1S/C23H31NO2/c1-2-25-22-12-8-20(9-13-22)18-24-21-10-14-23(15-11-21)26-17-16-19-6-4-3-5-7-19/h8-15,19,24H,2-7,16-18H2,1H3. The lowest BCUT2D eigenvalue weighted by molar-refractivity contribution is 0.246. The van der Waals surface area contributed by atoms with Gasteiger partial charge in [-0.1, -0.05) is 44.2 Å². The van der Waals surface area contributed by atoms with Crippen LogP contribution in [-0.4, -0.2) is 13.2 Å². The molecule has 0 heterocycles. The monoisotopic (exact) mass is 353 g/mol. The van der Waals surface area contributed by atoms with Crippen LogP contribution < -0.4 is 14.8 Å². The summed E-state index contributed by atoms with van der Waals surface area (Å²) in [4.78, 5) is 0. The highest BCUT2D eigenvalue weighted by Crippen LogP contribution is 2.26. The van der Waals surface area contributed by atoms with E-state index < -0.39 is 0 Å². The Morgan fingerprint density at radius 2 is 1.50 bits per heavy atom. The Kier molecular flexibility index (Phi) is 7.24. The second-order valence-electron chi connectivity index (χ2n) is 7.10. The van der Waals surface area contributed by atoms with E-state index in [1.165, 1.54) is 44.1 Å². The Hall–Kier alpha value is -2.16. The van der Waals surface area contributed by atoms with Crippen LogP contribution >= 0.6 is 0 Å².